The van der Waals surface area contributed by atoms with E-state index in [1.165, 1.54) is 11.3 Å². The minimum absolute atomic E-state index is 0.149. The van der Waals surface area contributed by atoms with E-state index >= 15 is 0 Å². The van der Waals surface area contributed by atoms with Gasteiger partial charge in [-0.3, -0.25) is 4.79 Å². The van der Waals surface area contributed by atoms with E-state index in [1.807, 2.05) is 0 Å². The zero-order valence-corrected chi connectivity index (χ0v) is 11.4. The number of sulfonamides is 1. The second-order valence-electron chi connectivity index (χ2n) is 4.18. The lowest BCUT2D eigenvalue weighted by Gasteiger charge is -2.22. The van der Waals surface area contributed by atoms with Crippen molar-refractivity contribution in [3.8, 4) is 0 Å². The summed E-state index contributed by atoms with van der Waals surface area (Å²) in [5.41, 5.74) is 0. The molecule has 1 aliphatic heterocycles. The lowest BCUT2D eigenvalue weighted by Crippen LogP contribution is -2.38. The molecule has 1 N–H and O–H groups in total. The van der Waals surface area contributed by atoms with E-state index in [-0.39, 0.29) is 11.9 Å². The summed E-state index contributed by atoms with van der Waals surface area (Å²) in [6.07, 6.45) is 2.37. The molecule has 7 heteroatoms. The Labute approximate surface area is 110 Å². The van der Waals surface area contributed by atoms with E-state index < -0.39 is 15.9 Å². The Morgan fingerprint density at radius 3 is 2.94 bits per heavy atom. The molecule has 5 nitrogen and oxygen atoms in total. The first-order chi connectivity index (χ1) is 8.57. The second-order valence-corrected chi connectivity index (χ2v) is 6.89. The highest BCUT2D eigenvalue weighted by Gasteiger charge is 2.24. The predicted molar refractivity (Wildman–Crippen MR) is 69.2 cm³/mol. The number of ether oxygens (including phenoxy) is 1. The van der Waals surface area contributed by atoms with Crippen molar-refractivity contribution >= 4 is 27.3 Å². The van der Waals surface area contributed by atoms with Crippen LogP contribution in [0.3, 0.4) is 0 Å². The molecule has 18 heavy (non-hydrogen) atoms. The topological polar surface area (TPSA) is 72.5 Å². The van der Waals surface area contributed by atoms with Crippen molar-refractivity contribution in [2.24, 2.45) is 0 Å². The van der Waals surface area contributed by atoms with Gasteiger partial charge in [0.25, 0.3) is 5.91 Å². The SMILES string of the molecule is O=C(NS(=O)(=O)CC1CCCCO1)c1cccs1. The Balaban J connectivity index is 1.92. The smallest absolute Gasteiger partial charge is 0.274 e. The molecule has 1 atom stereocenters. The number of hydrogen-bond acceptors (Lipinski definition) is 5. The van der Waals surface area contributed by atoms with Crippen molar-refractivity contribution < 1.29 is 17.9 Å². The van der Waals surface area contributed by atoms with Crippen LogP contribution < -0.4 is 4.72 Å². The van der Waals surface area contributed by atoms with E-state index in [1.54, 1.807) is 17.5 Å². The van der Waals surface area contributed by atoms with Crippen LogP contribution in [-0.2, 0) is 14.8 Å². The molecular formula is C11H15NO4S2. The minimum Gasteiger partial charge on any atom is -0.377 e. The van der Waals surface area contributed by atoms with Crippen molar-refractivity contribution in [2.45, 2.75) is 25.4 Å². The van der Waals surface area contributed by atoms with E-state index in [0.717, 1.165) is 19.3 Å². The van der Waals surface area contributed by atoms with Gasteiger partial charge in [-0.25, -0.2) is 13.1 Å². The van der Waals surface area contributed by atoms with Gasteiger partial charge >= 0.3 is 0 Å². The number of amides is 1. The Morgan fingerprint density at radius 1 is 1.50 bits per heavy atom. The van der Waals surface area contributed by atoms with Crippen LogP contribution in [0, 0.1) is 0 Å². The summed E-state index contributed by atoms with van der Waals surface area (Å²) in [5.74, 6) is -0.717. The van der Waals surface area contributed by atoms with Gasteiger partial charge < -0.3 is 4.74 Å². The van der Waals surface area contributed by atoms with Gasteiger partial charge in [0, 0.05) is 6.61 Å². The lowest BCUT2D eigenvalue weighted by atomic mass is 10.1. The second kappa shape index (κ2) is 5.81. The number of hydrogen-bond donors (Lipinski definition) is 1. The van der Waals surface area contributed by atoms with Crippen LogP contribution in [0.15, 0.2) is 17.5 Å². The van der Waals surface area contributed by atoms with Crippen LogP contribution in [-0.4, -0.2) is 32.8 Å². The highest BCUT2D eigenvalue weighted by Crippen LogP contribution is 2.14. The summed E-state index contributed by atoms with van der Waals surface area (Å²) >= 11 is 1.21. The van der Waals surface area contributed by atoms with Gasteiger partial charge in [0.15, 0.2) is 0 Å². The van der Waals surface area contributed by atoms with Crippen molar-refractivity contribution in [1.29, 1.82) is 0 Å². The molecule has 1 amide bonds. The first kappa shape index (κ1) is 13.5. The first-order valence-electron chi connectivity index (χ1n) is 5.77. The Kier molecular flexibility index (Phi) is 4.36. The van der Waals surface area contributed by atoms with Gasteiger partial charge in [-0.05, 0) is 30.7 Å². The fourth-order valence-corrected chi connectivity index (χ4v) is 3.74. The normalized spacial score (nSPS) is 20.6. The Bertz CT molecular complexity index is 489. The van der Waals surface area contributed by atoms with Gasteiger partial charge in [-0.1, -0.05) is 6.07 Å². The number of nitrogens with one attached hydrogen (secondary N) is 1. The van der Waals surface area contributed by atoms with Crippen LogP contribution in [0.4, 0.5) is 0 Å². The molecule has 0 spiro atoms. The van der Waals surface area contributed by atoms with Crippen LogP contribution in [0.25, 0.3) is 0 Å². The van der Waals surface area contributed by atoms with E-state index in [9.17, 15) is 13.2 Å². The molecule has 0 bridgehead atoms. The number of carbonyl (C=O) groups is 1. The van der Waals surface area contributed by atoms with E-state index in [0.29, 0.717) is 11.5 Å². The van der Waals surface area contributed by atoms with E-state index in [4.69, 9.17) is 4.74 Å². The number of rotatable bonds is 4. The van der Waals surface area contributed by atoms with Crippen molar-refractivity contribution in [1.82, 2.24) is 4.72 Å². The molecule has 1 aliphatic rings. The average Bonchev–Trinajstić information content (AvgIpc) is 2.82. The summed E-state index contributed by atoms with van der Waals surface area (Å²) in [4.78, 5) is 12.0. The van der Waals surface area contributed by atoms with Gasteiger partial charge in [0.05, 0.1) is 16.7 Å². The quantitative estimate of drug-likeness (QED) is 0.909. The van der Waals surface area contributed by atoms with E-state index in [2.05, 4.69) is 4.72 Å². The monoisotopic (exact) mass is 289 g/mol. The molecule has 1 aromatic heterocycles. The maximum absolute atomic E-state index is 11.8. The van der Waals surface area contributed by atoms with Crippen molar-refractivity contribution in [3.63, 3.8) is 0 Å². The zero-order chi connectivity index (χ0) is 13.0. The highest BCUT2D eigenvalue weighted by molar-refractivity contribution is 7.90. The number of carbonyl (C=O) groups excluding carboxylic acids is 1. The lowest BCUT2D eigenvalue weighted by molar-refractivity contribution is 0.0304. The molecule has 0 saturated carbocycles. The van der Waals surface area contributed by atoms with Crippen LogP contribution in [0.5, 0.6) is 0 Å². The molecule has 1 unspecified atom stereocenters. The van der Waals surface area contributed by atoms with Crippen molar-refractivity contribution in [2.75, 3.05) is 12.4 Å². The zero-order valence-electron chi connectivity index (χ0n) is 9.79. The predicted octanol–water partition coefficient (Wildman–Crippen LogP) is 1.38. The summed E-state index contributed by atoms with van der Waals surface area (Å²) < 4.78 is 31.0. The molecule has 2 rings (SSSR count). The summed E-state index contributed by atoms with van der Waals surface area (Å²) in [6.45, 7) is 0.596. The molecule has 1 saturated heterocycles. The molecule has 2 heterocycles. The average molecular weight is 289 g/mol. The van der Waals surface area contributed by atoms with Crippen LogP contribution >= 0.6 is 11.3 Å². The molecule has 1 aromatic rings. The third kappa shape index (κ3) is 3.79. The molecular weight excluding hydrogens is 274 g/mol. The maximum atomic E-state index is 11.8. The maximum Gasteiger partial charge on any atom is 0.274 e. The van der Waals surface area contributed by atoms with Gasteiger partial charge in [0.2, 0.25) is 10.0 Å². The fraction of sp³-hybridized carbons (Fsp3) is 0.545. The van der Waals surface area contributed by atoms with Crippen LogP contribution in [0.2, 0.25) is 0 Å². The van der Waals surface area contributed by atoms with Crippen molar-refractivity contribution in [3.05, 3.63) is 22.4 Å². The Hall–Kier alpha value is -0.920. The third-order valence-electron chi connectivity index (χ3n) is 2.67. The largest absolute Gasteiger partial charge is 0.377 e. The fourth-order valence-electron chi connectivity index (χ4n) is 1.82. The standard InChI is InChI=1S/C11H15NO4S2/c13-11(10-5-3-7-17-10)12-18(14,15)8-9-4-1-2-6-16-9/h3,5,7,9H,1-2,4,6,8H2,(H,12,13). The molecule has 0 aromatic carbocycles. The third-order valence-corrected chi connectivity index (χ3v) is 4.85. The summed E-state index contributed by atoms with van der Waals surface area (Å²) in [7, 11) is -3.62. The van der Waals surface area contributed by atoms with Crippen LogP contribution in [0.1, 0.15) is 28.9 Å². The first-order valence-corrected chi connectivity index (χ1v) is 8.30. The molecule has 1 fully saturated rings. The van der Waals surface area contributed by atoms with Gasteiger partial charge in [-0.15, -0.1) is 11.3 Å². The highest BCUT2D eigenvalue weighted by atomic mass is 32.2. The Morgan fingerprint density at radius 2 is 2.33 bits per heavy atom. The summed E-state index contributed by atoms with van der Waals surface area (Å²) in [6, 6.07) is 3.29. The summed E-state index contributed by atoms with van der Waals surface area (Å²) in [5, 5.41) is 1.73. The molecule has 0 radical (unpaired) electrons. The minimum atomic E-state index is -3.62. The van der Waals surface area contributed by atoms with Gasteiger partial charge in [-0.2, -0.15) is 0 Å². The molecule has 100 valence electrons. The number of thiophene rings is 1. The molecule has 0 aliphatic carbocycles. The van der Waals surface area contributed by atoms with Gasteiger partial charge in [0.1, 0.15) is 0 Å².